The predicted octanol–water partition coefficient (Wildman–Crippen LogP) is 0.146. The van der Waals surface area contributed by atoms with Crippen molar-refractivity contribution < 1.29 is 8.42 Å². The lowest BCUT2D eigenvalue weighted by Crippen LogP contribution is -2.38. The van der Waals surface area contributed by atoms with Crippen LogP contribution in [0.15, 0.2) is 29.6 Å². The van der Waals surface area contributed by atoms with Crippen LogP contribution in [-0.2, 0) is 36.7 Å². The third-order valence-electron chi connectivity index (χ3n) is 3.79. The van der Waals surface area contributed by atoms with E-state index in [0.717, 1.165) is 11.5 Å². The second kappa shape index (κ2) is 5.28. The van der Waals surface area contributed by atoms with Crippen LogP contribution in [0.2, 0.25) is 0 Å². The van der Waals surface area contributed by atoms with E-state index >= 15 is 0 Å². The second-order valence-electron chi connectivity index (χ2n) is 5.18. The monoisotopic (exact) mass is 309 g/mol. The van der Waals surface area contributed by atoms with Gasteiger partial charge in [-0.15, -0.1) is 0 Å². The maximum absolute atomic E-state index is 12.7. The Morgan fingerprint density at radius 1 is 1.38 bits per heavy atom. The van der Waals surface area contributed by atoms with E-state index in [0.29, 0.717) is 31.1 Å². The molecule has 3 heterocycles. The van der Waals surface area contributed by atoms with E-state index < -0.39 is 10.0 Å². The fourth-order valence-corrected chi connectivity index (χ4v) is 4.06. The molecule has 0 aliphatic carbocycles. The smallest absolute Gasteiger partial charge is 0.245 e. The number of sulfonamides is 1. The Morgan fingerprint density at radius 3 is 2.95 bits per heavy atom. The van der Waals surface area contributed by atoms with Gasteiger partial charge in [-0.05, 0) is 13.1 Å². The van der Waals surface area contributed by atoms with Gasteiger partial charge in [0.05, 0.1) is 6.54 Å². The normalized spacial score (nSPS) is 16.1. The van der Waals surface area contributed by atoms with Crippen LogP contribution < -0.4 is 5.32 Å². The van der Waals surface area contributed by atoms with Gasteiger partial charge in [-0.3, -0.25) is 0 Å². The van der Waals surface area contributed by atoms with Crippen molar-refractivity contribution in [3.8, 4) is 0 Å². The molecule has 0 amide bonds. The van der Waals surface area contributed by atoms with E-state index in [1.165, 1.54) is 4.31 Å². The van der Waals surface area contributed by atoms with Gasteiger partial charge in [0, 0.05) is 51.0 Å². The van der Waals surface area contributed by atoms with E-state index in [-0.39, 0.29) is 0 Å². The average molecular weight is 309 g/mol. The van der Waals surface area contributed by atoms with Crippen molar-refractivity contribution in [3.05, 3.63) is 36.2 Å². The van der Waals surface area contributed by atoms with Gasteiger partial charge in [0.25, 0.3) is 0 Å². The summed E-state index contributed by atoms with van der Waals surface area (Å²) in [6.45, 7) is 2.08. The van der Waals surface area contributed by atoms with Gasteiger partial charge in [0.2, 0.25) is 10.0 Å². The van der Waals surface area contributed by atoms with Gasteiger partial charge in [-0.1, -0.05) is 0 Å². The van der Waals surface area contributed by atoms with Gasteiger partial charge in [0.15, 0.2) is 0 Å². The van der Waals surface area contributed by atoms with Crippen molar-refractivity contribution in [2.45, 2.75) is 24.5 Å². The highest BCUT2D eigenvalue weighted by Gasteiger charge is 2.30. The maximum atomic E-state index is 12.7. The highest BCUT2D eigenvalue weighted by atomic mass is 32.2. The van der Waals surface area contributed by atoms with Crippen molar-refractivity contribution >= 4 is 10.0 Å². The number of aromatic nitrogens is 3. The maximum Gasteiger partial charge on any atom is 0.245 e. The van der Waals surface area contributed by atoms with Crippen LogP contribution in [0.25, 0.3) is 0 Å². The highest BCUT2D eigenvalue weighted by Crippen LogP contribution is 2.22. The summed E-state index contributed by atoms with van der Waals surface area (Å²) in [5, 5.41) is 3.04. The summed E-state index contributed by atoms with van der Waals surface area (Å²) in [6.07, 6.45) is 5.26. The zero-order valence-electron chi connectivity index (χ0n) is 12.2. The first kappa shape index (κ1) is 14.3. The van der Waals surface area contributed by atoms with E-state index in [9.17, 15) is 8.42 Å². The lowest BCUT2D eigenvalue weighted by molar-refractivity contribution is 0.335. The Hall–Kier alpha value is -1.64. The molecule has 1 aliphatic heterocycles. The Balaban J connectivity index is 1.89. The molecule has 0 spiro atoms. The van der Waals surface area contributed by atoms with Crippen LogP contribution in [0.5, 0.6) is 0 Å². The first-order valence-corrected chi connectivity index (χ1v) is 8.26. The number of nitrogens with one attached hydrogen (secondary N) is 1. The molecule has 0 radical (unpaired) electrons. The highest BCUT2D eigenvalue weighted by molar-refractivity contribution is 7.89. The molecular weight excluding hydrogens is 290 g/mol. The molecule has 0 fully saturated rings. The Morgan fingerprint density at radius 2 is 2.19 bits per heavy atom. The van der Waals surface area contributed by atoms with E-state index in [2.05, 4.69) is 10.3 Å². The minimum Gasteiger partial charge on any atom is -0.352 e. The quantitative estimate of drug-likeness (QED) is 0.872. The number of nitrogens with zero attached hydrogens (tertiary/aromatic N) is 4. The molecular formula is C13H19N5O2S. The van der Waals surface area contributed by atoms with Crippen molar-refractivity contribution in [2.24, 2.45) is 7.05 Å². The van der Waals surface area contributed by atoms with Crippen LogP contribution in [0.1, 0.15) is 11.5 Å². The van der Waals surface area contributed by atoms with Crippen molar-refractivity contribution in [3.63, 3.8) is 0 Å². The summed E-state index contributed by atoms with van der Waals surface area (Å²) >= 11 is 0. The van der Waals surface area contributed by atoms with Crippen molar-refractivity contribution in [1.82, 2.24) is 23.7 Å². The van der Waals surface area contributed by atoms with Crippen LogP contribution in [0, 0.1) is 0 Å². The molecule has 1 N–H and O–H groups in total. The largest absolute Gasteiger partial charge is 0.352 e. The zero-order valence-corrected chi connectivity index (χ0v) is 13.0. The molecule has 7 nitrogen and oxygen atoms in total. The fraction of sp³-hybridized carbons (Fsp3) is 0.462. The molecule has 8 heteroatoms. The average Bonchev–Trinajstić information content (AvgIpc) is 3.06. The van der Waals surface area contributed by atoms with Gasteiger partial charge >= 0.3 is 0 Å². The van der Waals surface area contributed by atoms with Crippen molar-refractivity contribution in [2.75, 3.05) is 13.6 Å². The Bertz CT molecular complexity index is 746. The fourth-order valence-electron chi connectivity index (χ4n) is 2.58. The molecule has 0 atom stereocenters. The topological polar surface area (TPSA) is 72.2 Å². The molecule has 2 aromatic heterocycles. The number of aryl methyl sites for hydroxylation is 1. The third-order valence-corrected chi connectivity index (χ3v) is 5.60. The Labute approximate surface area is 124 Å². The van der Waals surface area contributed by atoms with Crippen molar-refractivity contribution in [1.29, 1.82) is 0 Å². The van der Waals surface area contributed by atoms with Crippen LogP contribution in [0.4, 0.5) is 0 Å². The number of hydrogen-bond acceptors (Lipinski definition) is 4. The predicted molar refractivity (Wildman–Crippen MR) is 78.0 cm³/mol. The molecule has 0 saturated carbocycles. The number of rotatable bonds is 4. The van der Waals surface area contributed by atoms with Gasteiger partial charge in [0.1, 0.15) is 10.7 Å². The SMILES string of the molecule is CNCc1cc(S(=O)(=O)N2CCn3ccnc3C2)cn1C. The summed E-state index contributed by atoms with van der Waals surface area (Å²) in [7, 11) is 0.223. The number of imidazole rings is 1. The third kappa shape index (κ3) is 2.50. The van der Waals surface area contributed by atoms with E-state index in [4.69, 9.17) is 0 Å². The number of fused-ring (bicyclic) bond motifs is 1. The summed E-state index contributed by atoms with van der Waals surface area (Å²) in [4.78, 5) is 4.55. The van der Waals surface area contributed by atoms with Crippen LogP contribution in [-0.4, -0.2) is 40.4 Å². The summed E-state index contributed by atoms with van der Waals surface area (Å²) in [5.74, 6) is 0.788. The van der Waals surface area contributed by atoms with Gasteiger partial charge < -0.3 is 14.5 Å². The number of hydrogen-bond donors (Lipinski definition) is 1. The molecule has 3 rings (SSSR count). The Kier molecular flexibility index (Phi) is 3.60. The summed E-state index contributed by atoms with van der Waals surface area (Å²) in [5.41, 5.74) is 0.939. The zero-order chi connectivity index (χ0) is 15.0. The lowest BCUT2D eigenvalue weighted by atomic mass is 10.4. The molecule has 114 valence electrons. The van der Waals surface area contributed by atoms with Gasteiger partial charge in [-0.2, -0.15) is 4.31 Å². The van der Waals surface area contributed by atoms with Crippen LogP contribution in [0.3, 0.4) is 0 Å². The first-order valence-electron chi connectivity index (χ1n) is 6.82. The lowest BCUT2D eigenvalue weighted by Gasteiger charge is -2.26. The summed E-state index contributed by atoms with van der Waals surface area (Å²) < 4.78 is 30.8. The van der Waals surface area contributed by atoms with Crippen LogP contribution >= 0.6 is 0 Å². The molecule has 0 saturated heterocycles. The summed E-state index contributed by atoms with van der Waals surface area (Å²) in [6, 6.07) is 1.73. The first-order chi connectivity index (χ1) is 10.0. The molecule has 2 aromatic rings. The molecule has 1 aliphatic rings. The molecule has 0 unspecified atom stereocenters. The second-order valence-corrected chi connectivity index (χ2v) is 7.12. The molecule has 21 heavy (non-hydrogen) atoms. The van der Waals surface area contributed by atoms with Gasteiger partial charge in [-0.25, -0.2) is 13.4 Å². The molecule has 0 aromatic carbocycles. The molecule has 0 bridgehead atoms. The van der Waals surface area contributed by atoms with E-state index in [1.54, 1.807) is 18.5 Å². The minimum absolute atomic E-state index is 0.325. The standard InChI is InChI=1S/C13H19N5O2S/c1-14-8-11-7-12(9-16(11)2)21(19,20)18-6-5-17-4-3-15-13(17)10-18/h3-4,7,9,14H,5-6,8,10H2,1-2H3. The van der Waals surface area contributed by atoms with E-state index in [1.807, 2.05) is 29.4 Å². The minimum atomic E-state index is -3.47.